The average Bonchev–Trinajstić information content (AvgIpc) is 2.08. The number of aliphatic hydroxyl groups is 1. The van der Waals surface area contributed by atoms with Gasteiger partial charge in [-0.15, -0.1) is 0 Å². The Morgan fingerprint density at radius 2 is 2.42 bits per heavy atom. The summed E-state index contributed by atoms with van der Waals surface area (Å²) >= 11 is 0. The molecule has 1 heterocycles. The van der Waals surface area contributed by atoms with E-state index in [1.54, 1.807) is 7.11 Å². The van der Waals surface area contributed by atoms with Crippen LogP contribution in [0.25, 0.3) is 0 Å². The standard InChI is InChI=1S/C8H17NO3/c1-3-9-6-5-12-8(10)4-7(6)11-2/h6-10H,3-5H2,1-2H3/t6-,7?,8+/m0/s1. The first-order valence-electron chi connectivity index (χ1n) is 4.33. The van der Waals surface area contributed by atoms with Crippen molar-refractivity contribution in [2.45, 2.75) is 31.8 Å². The van der Waals surface area contributed by atoms with E-state index in [1.807, 2.05) is 6.92 Å². The maximum absolute atomic E-state index is 9.17. The van der Waals surface area contributed by atoms with Crippen molar-refractivity contribution in [3.05, 3.63) is 0 Å². The van der Waals surface area contributed by atoms with Gasteiger partial charge in [-0.2, -0.15) is 0 Å². The predicted molar refractivity (Wildman–Crippen MR) is 44.8 cm³/mol. The summed E-state index contributed by atoms with van der Waals surface area (Å²) in [6, 6.07) is 0.211. The van der Waals surface area contributed by atoms with Gasteiger partial charge < -0.3 is 19.9 Å². The van der Waals surface area contributed by atoms with Crippen molar-refractivity contribution >= 4 is 0 Å². The summed E-state index contributed by atoms with van der Waals surface area (Å²) in [4.78, 5) is 0. The Bertz CT molecular complexity index is 131. The molecule has 1 fully saturated rings. The Hall–Kier alpha value is -0.160. The summed E-state index contributed by atoms with van der Waals surface area (Å²) in [7, 11) is 1.66. The molecule has 1 saturated heterocycles. The molecule has 0 radical (unpaired) electrons. The molecule has 0 aromatic heterocycles. The Morgan fingerprint density at radius 1 is 1.67 bits per heavy atom. The van der Waals surface area contributed by atoms with Gasteiger partial charge in [0.15, 0.2) is 6.29 Å². The molecule has 0 aromatic rings. The molecule has 2 N–H and O–H groups in total. The molecule has 3 atom stereocenters. The second-order valence-corrected chi connectivity index (χ2v) is 2.96. The number of ether oxygens (including phenoxy) is 2. The zero-order valence-electron chi connectivity index (χ0n) is 7.62. The van der Waals surface area contributed by atoms with Crippen LogP contribution in [0.3, 0.4) is 0 Å². The molecule has 0 bridgehead atoms. The lowest BCUT2D eigenvalue weighted by Crippen LogP contribution is -2.50. The molecule has 0 aromatic carbocycles. The minimum Gasteiger partial charge on any atom is -0.380 e. The van der Waals surface area contributed by atoms with Gasteiger partial charge in [-0.05, 0) is 6.54 Å². The first-order chi connectivity index (χ1) is 5.77. The highest BCUT2D eigenvalue weighted by Crippen LogP contribution is 2.14. The van der Waals surface area contributed by atoms with E-state index >= 15 is 0 Å². The van der Waals surface area contributed by atoms with Crippen LogP contribution in [-0.2, 0) is 9.47 Å². The first kappa shape index (κ1) is 9.92. The third-order valence-corrected chi connectivity index (χ3v) is 2.12. The number of aliphatic hydroxyl groups excluding tert-OH is 1. The first-order valence-corrected chi connectivity index (χ1v) is 4.33. The summed E-state index contributed by atoms with van der Waals surface area (Å²) in [6.07, 6.45) is -0.0488. The van der Waals surface area contributed by atoms with Crippen LogP contribution in [0.2, 0.25) is 0 Å². The van der Waals surface area contributed by atoms with E-state index in [0.29, 0.717) is 13.0 Å². The van der Waals surface area contributed by atoms with Crippen molar-refractivity contribution in [3.8, 4) is 0 Å². The molecule has 1 aliphatic heterocycles. The molecule has 0 spiro atoms. The number of hydrogen-bond acceptors (Lipinski definition) is 4. The lowest BCUT2D eigenvalue weighted by atomic mass is 10.1. The zero-order valence-corrected chi connectivity index (χ0v) is 7.62. The summed E-state index contributed by atoms with van der Waals surface area (Å²) in [6.45, 7) is 3.45. The Kier molecular flexibility index (Phi) is 3.94. The summed E-state index contributed by atoms with van der Waals surface area (Å²) in [5, 5.41) is 12.4. The quantitative estimate of drug-likeness (QED) is 0.619. The molecule has 1 rings (SSSR count). The normalized spacial score (nSPS) is 36.8. The summed E-state index contributed by atoms with van der Waals surface area (Å²) in [5.41, 5.74) is 0. The van der Waals surface area contributed by atoms with Crippen molar-refractivity contribution in [3.63, 3.8) is 0 Å². The molecule has 4 heteroatoms. The minimum atomic E-state index is -0.662. The second kappa shape index (κ2) is 4.77. The fraction of sp³-hybridized carbons (Fsp3) is 1.00. The second-order valence-electron chi connectivity index (χ2n) is 2.96. The Morgan fingerprint density at radius 3 is 3.00 bits per heavy atom. The highest BCUT2D eigenvalue weighted by atomic mass is 16.6. The van der Waals surface area contributed by atoms with Gasteiger partial charge in [-0.25, -0.2) is 0 Å². The van der Waals surface area contributed by atoms with Crippen molar-refractivity contribution in [1.29, 1.82) is 0 Å². The van der Waals surface area contributed by atoms with Gasteiger partial charge in [0.1, 0.15) is 0 Å². The molecule has 0 aliphatic carbocycles. The van der Waals surface area contributed by atoms with Gasteiger partial charge in [0, 0.05) is 13.5 Å². The van der Waals surface area contributed by atoms with Gasteiger partial charge in [-0.1, -0.05) is 6.92 Å². The van der Waals surface area contributed by atoms with Crippen LogP contribution in [0, 0.1) is 0 Å². The smallest absolute Gasteiger partial charge is 0.157 e. The third kappa shape index (κ3) is 2.42. The number of methoxy groups -OCH3 is 1. The van der Waals surface area contributed by atoms with Crippen LogP contribution in [-0.4, -0.2) is 43.8 Å². The number of hydrogen-bond donors (Lipinski definition) is 2. The van der Waals surface area contributed by atoms with E-state index in [0.717, 1.165) is 6.54 Å². The lowest BCUT2D eigenvalue weighted by Gasteiger charge is -2.33. The van der Waals surface area contributed by atoms with Crippen molar-refractivity contribution < 1.29 is 14.6 Å². The van der Waals surface area contributed by atoms with Crippen LogP contribution in [0.5, 0.6) is 0 Å². The van der Waals surface area contributed by atoms with E-state index in [2.05, 4.69) is 5.32 Å². The van der Waals surface area contributed by atoms with Crippen molar-refractivity contribution in [2.24, 2.45) is 0 Å². The molecule has 1 aliphatic rings. The van der Waals surface area contributed by atoms with E-state index < -0.39 is 6.29 Å². The predicted octanol–water partition coefficient (Wildman–Crippen LogP) is -0.282. The Labute approximate surface area is 72.9 Å². The van der Waals surface area contributed by atoms with Crippen molar-refractivity contribution in [2.75, 3.05) is 20.3 Å². The fourth-order valence-electron chi connectivity index (χ4n) is 1.47. The van der Waals surface area contributed by atoms with Crippen LogP contribution in [0.15, 0.2) is 0 Å². The van der Waals surface area contributed by atoms with Gasteiger partial charge in [0.25, 0.3) is 0 Å². The maximum Gasteiger partial charge on any atom is 0.157 e. The Balaban J connectivity index is 2.39. The molecule has 0 saturated carbocycles. The monoisotopic (exact) mass is 175 g/mol. The highest BCUT2D eigenvalue weighted by Gasteiger charge is 2.29. The van der Waals surface area contributed by atoms with Gasteiger partial charge in [0.2, 0.25) is 0 Å². The lowest BCUT2D eigenvalue weighted by molar-refractivity contribution is -0.169. The third-order valence-electron chi connectivity index (χ3n) is 2.12. The maximum atomic E-state index is 9.17. The summed E-state index contributed by atoms with van der Waals surface area (Å²) < 4.78 is 10.3. The fourth-order valence-corrected chi connectivity index (χ4v) is 1.47. The molecule has 72 valence electrons. The zero-order chi connectivity index (χ0) is 8.97. The highest BCUT2D eigenvalue weighted by molar-refractivity contribution is 4.80. The SMILES string of the molecule is CCN[C@H]1CO[C@@H](O)CC1OC. The van der Waals surface area contributed by atoms with E-state index in [-0.39, 0.29) is 12.1 Å². The van der Waals surface area contributed by atoms with Crippen molar-refractivity contribution in [1.82, 2.24) is 5.32 Å². The van der Waals surface area contributed by atoms with Crippen LogP contribution in [0.4, 0.5) is 0 Å². The van der Waals surface area contributed by atoms with E-state index in [1.165, 1.54) is 0 Å². The number of likely N-dealkylation sites (N-methyl/N-ethyl adjacent to an activating group) is 1. The van der Waals surface area contributed by atoms with E-state index in [9.17, 15) is 0 Å². The van der Waals surface area contributed by atoms with Crippen LogP contribution >= 0.6 is 0 Å². The largest absolute Gasteiger partial charge is 0.380 e. The molecule has 1 unspecified atom stereocenters. The van der Waals surface area contributed by atoms with Crippen LogP contribution in [0.1, 0.15) is 13.3 Å². The van der Waals surface area contributed by atoms with E-state index in [4.69, 9.17) is 14.6 Å². The molecule has 12 heavy (non-hydrogen) atoms. The average molecular weight is 175 g/mol. The van der Waals surface area contributed by atoms with Gasteiger partial charge in [-0.3, -0.25) is 0 Å². The molecular formula is C8H17NO3. The minimum absolute atomic E-state index is 0.0636. The van der Waals surface area contributed by atoms with Gasteiger partial charge >= 0.3 is 0 Å². The van der Waals surface area contributed by atoms with Crippen LogP contribution < -0.4 is 5.32 Å². The molecule has 4 nitrogen and oxygen atoms in total. The number of rotatable bonds is 3. The number of nitrogens with one attached hydrogen (secondary N) is 1. The van der Waals surface area contributed by atoms with Gasteiger partial charge in [0.05, 0.1) is 18.8 Å². The summed E-state index contributed by atoms with van der Waals surface area (Å²) in [5.74, 6) is 0. The molecular weight excluding hydrogens is 158 g/mol. The topological polar surface area (TPSA) is 50.7 Å². The molecule has 0 amide bonds.